The van der Waals surface area contributed by atoms with Crippen LogP contribution in [0, 0.1) is 6.92 Å². The Labute approximate surface area is 111 Å². The van der Waals surface area contributed by atoms with Gasteiger partial charge in [-0.3, -0.25) is 0 Å². The Morgan fingerprint density at radius 3 is 2.84 bits per heavy atom. The highest BCUT2D eigenvalue weighted by Crippen LogP contribution is 2.25. The average Bonchev–Trinajstić information content (AvgIpc) is 2.79. The van der Waals surface area contributed by atoms with Gasteiger partial charge >= 0.3 is 0 Å². The zero-order chi connectivity index (χ0) is 13.4. The Bertz CT molecular complexity index is 770. The van der Waals surface area contributed by atoms with Crippen LogP contribution in [0.25, 0.3) is 16.6 Å². The molecule has 0 aliphatic heterocycles. The number of rotatable bonds is 2. The van der Waals surface area contributed by atoms with E-state index in [4.69, 9.17) is 0 Å². The van der Waals surface area contributed by atoms with Crippen LogP contribution in [0.5, 0.6) is 0 Å². The molecule has 0 radical (unpaired) electrons. The molecule has 0 fully saturated rings. The van der Waals surface area contributed by atoms with Gasteiger partial charge < -0.3 is 4.90 Å². The third-order valence-corrected chi connectivity index (χ3v) is 2.91. The van der Waals surface area contributed by atoms with Gasteiger partial charge in [0.05, 0.1) is 23.6 Å². The van der Waals surface area contributed by atoms with Crippen LogP contribution in [0.3, 0.4) is 0 Å². The van der Waals surface area contributed by atoms with Gasteiger partial charge in [-0.1, -0.05) is 12.1 Å². The lowest BCUT2D eigenvalue weighted by atomic mass is 10.2. The van der Waals surface area contributed by atoms with E-state index in [-0.39, 0.29) is 0 Å². The Morgan fingerprint density at radius 2 is 2.05 bits per heavy atom. The number of hydrogen-bond acceptors (Lipinski definition) is 3. The number of aliphatic imine (C=N–C) groups is 1. The summed E-state index contributed by atoms with van der Waals surface area (Å²) in [6.45, 7) is 2.02. The summed E-state index contributed by atoms with van der Waals surface area (Å²) in [7, 11) is 3.87. The molecular weight excluding hydrogens is 238 g/mol. The van der Waals surface area contributed by atoms with Gasteiger partial charge in [-0.05, 0) is 24.6 Å². The molecule has 3 rings (SSSR count). The quantitative estimate of drug-likeness (QED) is 0.520. The van der Waals surface area contributed by atoms with Crippen LogP contribution in [-0.2, 0) is 0 Å². The molecule has 5 nitrogen and oxygen atoms in total. The molecule has 3 aromatic rings. The van der Waals surface area contributed by atoms with E-state index in [9.17, 15) is 0 Å². The monoisotopic (exact) mass is 253 g/mol. The van der Waals surface area contributed by atoms with Crippen molar-refractivity contribution in [2.24, 2.45) is 4.99 Å². The smallest absolute Gasteiger partial charge is 0.180 e. The van der Waals surface area contributed by atoms with Crippen molar-refractivity contribution in [2.75, 3.05) is 14.1 Å². The molecule has 0 N–H and O–H groups in total. The van der Waals surface area contributed by atoms with Crippen molar-refractivity contribution in [1.29, 1.82) is 0 Å². The van der Waals surface area contributed by atoms with E-state index >= 15 is 0 Å². The van der Waals surface area contributed by atoms with Crippen LogP contribution in [0.15, 0.2) is 35.5 Å². The van der Waals surface area contributed by atoms with Gasteiger partial charge in [-0.15, -0.1) is 0 Å². The van der Waals surface area contributed by atoms with Gasteiger partial charge in [0.1, 0.15) is 5.52 Å². The van der Waals surface area contributed by atoms with Crippen LogP contribution in [0.1, 0.15) is 5.56 Å². The molecule has 0 aliphatic rings. The van der Waals surface area contributed by atoms with Crippen molar-refractivity contribution in [3.8, 4) is 0 Å². The van der Waals surface area contributed by atoms with Crippen molar-refractivity contribution >= 4 is 28.7 Å². The second kappa shape index (κ2) is 4.35. The summed E-state index contributed by atoms with van der Waals surface area (Å²) in [6.07, 6.45) is 3.60. The lowest BCUT2D eigenvalue weighted by Crippen LogP contribution is -2.07. The largest absolute Gasteiger partial charge is 0.369 e. The molecule has 0 bridgehead atoms. The molecule has 0 unspecified atom stereocenters. The van der Waals surface area contributed by atoms with E-state index in [0.29, 0.717) is 5.82 Å². The van der Waals surface area contributed by atoms with Crippen LogP contribution in [0.4, 0.5) is 5.82 Å². The predicted molar refractivity (Wildman–Crippen MR) is 77.1 cm³/mol. The van der Waals surface area contributed by atoms with Gasteiger partial charge in [-0.2, -0.15) is 5.10 Å². The SMILES string of the molecule is Cc1cnn2c1c(/N=C/N(C)C)nc1ccccc12. The van der Waals surface area contributed by atoms with E-state index in [1.54, 1.807) is 6.34 Å². The number of nitrogens with zero attached hydrogens (tertiary/aromatic N) is 5. The van der Waals surface area contributed by atoms with E-state index < -0.39 is 0 Å². The van der Waals surface area contributed by atoms with E-state index in [1.165, 1.54) is 0 Å². The lowest BCUT2D eigenvalue weighted by molar-refractivity contribution is 0.643. The highest BCUT2D eigenvalue weighted by atomic mass is 15.2. The molecule has 96 valence electrons. The predicted octanol–water partition coefficient (Wildman–Crippen LogP) is 2.41. The first-order chi connectivity index (χ1) is 9.16. The number of benzene rings is 1. The Hall–Kier alpha value is -2.43. The molecule has 0 spiro atoms. The lowest BCUT2D eigenvalue weighted by Gasteiger charge is -2.06. The van der Waals surface area contributed by atoms with E-state index in [1.807, 2.05) is 60.9 Å². The van der Waals surface area contributed by atoms with Gasteiger partial charge in [0.25, 0.3) is 0 Å². The summed E-state index contributed by atoms with van der Waals surface area (Å²) in [5, 5.41) is 4.42. The van der Waals surface area contributed by atoms with Crippen LogP contribution < -0.4 is 0 Å². The Kier molecular flexibility index (Phi) is 2.67. The molecule has 19 heavy (non-hydrogen) atoms. The molecule has 0 aliphatic carbocycles. The fourth-order valence-corrected chi connectivity index (χ4v) is 2.05. The van der Waals surface area contributed by atoms with Gasteiger partial charge in [0.2, 0.25) is 0 Å². The standard InChI is InChI=1S/C14H15N5/c1-10-8-16-19-12-7-5-4-6-11(12)17-14(13(10)19)15-9-18(2)3/h4-9H,1-3H3/b15-9+. The first kappa shape index (κ1) is 11.6. The molecule has 0 amide bonds. The maximum atomic E-state index is 4.62. The van der Waals surface area contributed by atoms with Crippen LogP contribution in [-0.4, -0.2) is 39.9 Å². The van der Waals surface area contributed by atoms with Crippen molar-refractivity contribution < 1.29 is 0 Å². The van der Waals surface area contributed by atoms with Crippen molar-refractivity contribution in [3.05, 3.63) is 36.0 Å². The highest BCUT2D eigenvalue weighted by Gasteiger charge is 2.10. The molecule has 1 aromatic carbocycles. The summed E-state index contributed by atoms with van der Waals surface area (Å²) in [4.78, 5) is 11.0. The minimum absolute atomic E-state index is 0.697. The number of para-hydroxylation sites is 2. The number of aryl methyl sites for hydroxylation is 1. The molecule has 2 heterocycles. The third kappa shape index (κ3) is 1.93. The first-order valence-electron chi connectivity index (χ1n) is 6.10. The third-order valence-electron chi connectivity index (χ3n) is 2.91. The maximum Gasteiger partial charge on any atom is 0.180 e. The van der Waals surface area contributed by atoms with Crippen molar-refractivity contribution in [2.45, 2.75) is 6.92 Å². The first-order valence-corrected chi connectivity index (χ1v) is 6.10. The second-order valence-corrected chi connectivity index (χ2v) is 4.72. The number of hydrogen-bond donors (Lipinski definition) is 0. The summed E-state index contributed by atoms with van der Waals surface area (Å²) < 4.78 is 1.90. The summed E-state index contributed by atoms with van der Waals surface area (Å²) in [6, 6.07) is 7.95. The minimum atomic E-state index is 0.697. The molecule has 0 atom stereocenters. The number of aromatic nitrogens is 3. The molecule has 0 saturated heterocycles. The maximum absolute atomic E-state index is 4.62. The van der Waals surface area contributed by atoms with Crippen LogP contribution >= 0.6 is 0 Å². The van der Waals surface area contributed by atoms with Gasteiger partial charge in [0.15, 0.2) is 5.82 Å². The zero-order valence-corrected chi connectivity index (χ0v) is 11.2. The van der Waals surface area contributed by atoms with Crippen molar-refractivity contribution in [1.82, 2.24) is 19.5 Å². The molecular formula is C14H15N5. The van der Waals surface area contributed by atoms with Crippen molar-refractivity contribution in [3.63, 3.8) is 0 Å². The van der Waals surface area contributed by atoms with Gasteiger partial charge in [-0.25, -0.2) is 14.5 Å². The number of fused-ring (bicyclic) bond motifs is 3. The van der Waals surface area contributed by atoms with Crippen LogP contribution in [0.2, 0.25) is 0 Å². The molecule has 0 saturated carbocycles. The second-order valence-electron chi connectivity index (χ2n) is 4.72. The Balaban J connectivity index is 2.37. The molecule has 5 heteroatoms. The average molecular weight is 253 g/mol. The van der Waals surface area contributed by atoms with E-state index in [2.05, 4.69) is 15.1 Å². The van der Waals surface area contributed by atoms with E-state index in [0.717, 1.165) is 22.1 Å². The fourth-order valence-electron chi connectivity index (χ4n) is 2.05. The normalized spacial score (nSPS) is 11.7. The molecule has 2 aromatic heterocycles. The summed E-state index contributed by atoms with van der Waals surface area (Å²) in [5.74, 6) is 0.697. The zero-order valence-electron chi connectivity index (χ0n) is 11.2. The van der Waals surface area contributed by atoms with Gasteiger partial charge in [0, 0.05) is 14.1 Å². The highest BCUT2D eigenvalue weighted by molar-refractivity contribution is 5.85. The minimum Gasteiger partial charge on any atom is -0.369 e. The topological polar surface area (TPSA) is 45.8 Å². The fraction of sp³-hybridized carbons (Fsp3) is 0.214. The summed E-state index contributed by atoms with van der Waals surface area (Å²) >= 11 is 0. The Morgan fingerprint density at radius 1 is 1.26 bits per heavy atom. The summed E-state index contributed by atoms with van der Waals surface area (Å²) in [5.41, 5.74) is 3.92.